The molecule has 7 heteroatoms. The zero-order chi connectivity index (χ0) is 15.4. The molecule has 2 rings (SSSR count). The molecule has 1 aliphatic heterocycles. The molecule has 21 heavy (non-hydrogen) atoms. The monoisotopic (exact) mass is 355 g/mol. The average molecular weight is 356 g/mol. The Labute approximate surface area is 131 Å². The number of nitrogens with one attached hydrogen (secondary N) is 1. The third-order valence-electron chi connectivity index (χ3n) is 3.63. The summed E-state index contributed by atoms with van der Waals surface area (Å²) in [5.74, 6) is 0.0603. The van der Waals surface area contributed by atoms with Crippen molar-refractivity contribution in [3.63, 3.8) is 0 Å². The van der Waals surface area contributed by atoms with Crippen molar-refractivity contribution >= 4 is 27.5 Å². The van der Waals surface area contributed by atoms with E-state index in [4.69, 9.17) is 0 Å². The summed E-state index contributed by atoms with van der Waals surface area (Å²) in [6, 6.07) is 4.47. The van der Waals surface area contributed by atoms with Crippen LogP contribution in [0.3, 0.4) is 0 Å². The molecule has 1 fully saturated rings. The van der Waals surface area contributed by atoms with Crippen molar-refractivity contribution in [2.45, 2.75) is 32.4 Å². The lowest BCUT2D eigenvalue weighted by atomic mass is 10.1. The first-order valence-corrected chi connectivity index (χ1v) is 7.73. The third kappa shape index (κ3) is 4.01. The highest BCUT2D eigenvalue weighted by Gasteiger charge is 2.23. The van der Waals surface area contributed by atoms with Crippen LogP contribution in [0.5, 0.6) is 0 Å². The molecule has 1 aromatic carbocycles. The summed E-state index contributed by atoms with van der Waals surface area (Å²) >= 11 is 3.31. The number of likely N-dealkylation sites (tertiary alicyclic amines) is 1. The van der Waals surface area contributed by atoms with Gasteiger partial charge in [0.1, 0.15) is 0 Å². The van der Waals surface area contributed by atoms with Crippen molar-refractivity contribution in [2.24, 2.45) is 0 Å². The molecule has 1 aromatic rings. The molecule has 1 saturated heterocycles. The van der Waals surface area contributed by atoms with E-state index in [2.05, 4.69) is 21.2 Å². The van der Waals surface area contributed by atoms with E-state index in [0.29, 0.717) is 5.56 Å². The molecule has 1 aliphatic rings. The SMILES string of the molecule is CC(NCc1cc(Br)ccc1[N+](=O)[O-])C(=O)N1CCCC1. The topological polar surface area (TPSA) is 75.5 Å². The van der Waals surface area contributed by atoms with E-state index in [1.54, 1.807) is 19.1 Å². The molecule has 0 aliphatic carbocycles. The summed E-state index contributed by atoms with van der Waals surface area (Å²) in [6.07, 6.45) is 2.10. The molecule has 0 bridgehead atoms. The predicted octanol–water partition coefficient (Wildman–Crippen LogP) is 2.46. The van der Waals surface area contributed by atoms with Crippen molar-refractivity contribution in [1.29, 1.82) is 0 Å². The van der Waals surface area contributed by atoms with Gasteiger partial charge in [-0.3, -0.25) is 14.9 Å². The van der Waals surface area contributed by atoms with E-state index >= 15 is 0 Å². The van der Waals surface area contributed by atoms with Crippen molar-refractivity contribution in [2.75, 3.05) is 13.1 Å². The predicted molar refractivity (Wildman–Crippen MR) is 82.9 cm³/mol. The van der Waals surface area contributed by atoms with Crippen LogP contribution >= 0.6 is 15.9 Å². The van der Waals surface area contributed by atoms with Gasteiger partial charge in [0.15, 0.2) is 0 Å². The maximum Gasteiger partial charge on any atom is 0.273 e. The molecule has 1 N–H and O–H groups in total. The van der Waals surface area contributed by atoms with Gasteiger partial charge in [-0.2, -0.15) is 0 Å². The first-order valence-electron chi connectivity index (χ1n) is 6.94. The van der Waals surface area contributed by atoms with Crippen LogP contribution < -0.4 is 5.32 Å². The summed E-state index contributed by atoms with van der Waals surface area (Å²) in [4.78, 5) is 24.6. The van der Waals surface area contributed by atoms with Gasteiger partial charge >= 0.3 is 0 Å². The number of hydrogen-bond acceptors (Lipinski definition) is 4. The van der Waals surface area contributed by atoms with Gasteiger partial charge < -0.3 is 10.2 Å². The largest absolute Gasteiger partial charge is 0.341 e. The number of halogens is 1. The van der Waals surface area contributed by atoms with Gasteiger partial charge in [0.05, 0.1) is 11.0 Å². The molecule has 1 heterocycles. The highest BCUT2D eigenvalue weighted by Crippen LogP contribution is 2.23. The second-order valence-corrected chi connectivity index (χ2v) is 6.08. The fourth-order valence-corrected chi connectivity index (χ4v) is 2.84. The zero-order valence-corrected chi connectivity index (χ0v) is 13.4. The summed E-state index contributed by atoms with van der Waals surface area (Å²) < 4.78 is 0.781. The molecular formula is C14H18BrN3O3. The first kappa shape index (κ1) is 15.9. The van der Waals surface area contributed by atoms with Gasteiger partial charge in [0.25, 0.3) is 5.69 Å². The van der Waals surface area contributed by atoms with Crippen molar-refractivity contribution in [3.05, 3.63) is 38.3 Å². The number of nitro groups is 1. The highest BCUT2D eigenvalue weighted by atomic mass is 79.9. The molecule has 0 radical (unpaired) electrons. The molecule has 1 amide bonds. The summed E-state index contributed by atoms with van der Waals surface area (Å²) in [6.45, 7) is 3.70. The maximum absolute atomic E-state index is 12.2. The van der Waals surface area contributed by atoms with Gasteiger partial charge in [-0.05, 0) is 31.9 Å². The van der Waals surface area contributed by atoms with Gasteiger partial charge in [-0.15, -0.1) is 0 Å². The zero-order valence-electron chi connectivity index (χ0n) is 11.8. The number of nitrogens with zero attached hydrogens (tertiary/aromatic N) is 2. The van der Waals surface area contributed by atoms with E-state index in [9.17, 15) is 14.9 Å². The Kier molecular flexibility index (Phi) is 5.30. The Morgan fingerprint density at radius 3 is 2.76 bits per heavy atom. The van der Waals surface area contributed by atoms with E-state index in [0.717, 1.165) is 30.4 Å². The van der Waals surface area contributed by atoms with Gasteiger partial charge in [0, 0.05) is 35.7 Å². The number of carbonyl (C=O) groups is 1. The molecule has 0 spiro atoms. The van der Waals surface area contributed by atoms with E-state index in [1.165, 1.54) is 6.07 Å². The van der Waals surface area contributed by atoms with Crippen LogP contribution in [0.1, 0.15) is 25.3 Å². The van der Waals surface area contributed by atoms with Crippen LogP contribution in [-0.4, -0.2) is 34.9 Å². The molecule has 0 saturated carbocycles. The molecular weight excluding hydrogens is 338 g/mol. The number of carbonyl (C=O) groups excluding carboxylic acids is 1. The highest BCUT2D eigenvalue weighted by molar-refractivity contribution is 9.10. The number of rotatable bonds is 5. The summed E-state index contributed by atoms with van der Waals surface area (Å²) in [5, 5.41) is 14.1. The smallest absolute Gasteiger partial charge is 0.273 e. The molecule has 1 atom stereocenters. The Morgan fingerprint density at radius 2 is 2.14 bits per heavy atom. The lowest BCUT2D eigenvalue weighted by Crippen LogP contribution is -2.43. The quantitative estimate of drug-likeness (QED) is 0.650. The number of amides is 1. The van der Waals surface area contributed by atoms with Crippen LogP contribution in [0.2, 0.25) is 0 Å². The standard InChI is InChI=1S/C14H18BrN3O3/c1-10(14(19)17-6-2-3-7-17)16-9-11-8-12(15)4-5-13(11)18(20)21/h4-5,8,10,16H,2-3,6-7,9H2,1H3. The Hall–Kier alpha value is -1.47. The van der Waals surface area contributed by atoms with E-state index < -0.39 is 4.92 Å². The van der Waals surface area contributed by atoms with Crippen LogP contribution in [-0.2, 0) is 11.3 Å². The number of nitro benzene ring substituents is 1. The van der Waals surface area contributed by atoms with Gasteiger partial charge in [-0.1, -0.05) is 15.9 Å². The normalized spacial score (nSPS) is 16.0. The maximum atomic E-state index is 12.2. The van der Waals surface area contributed by atoms with Crippen molar-refractivity contribution in [3.8, 4) is 0 Å². The molecule has 114 valence electrons. The van der Waals surface area contributed by atoms with Crippen molar-refractivity contribution < 1.29 is 9.72 Å². The molecule has 1 unspecified atom stereocenters. The Morgan fingerprint density at radius 1 is 1.48 bits per heavy atom. The summed E-state index contributed by atoms with van der Waals surface area (Å²) in [7, 11) is 0. The first-order chi connectivity index (χ1) is 9.99. The van der Waals surface area contributed by atoms with Crippen LogP contribution in [0.25, 0.3) is 0 Å². The minimum Gasteiger partial charge on any atom is -0.341 e. The Balaban J connectivity index is 2.00. The minimum atomic E-state index is -0.406. The fraction of sp³-hybridized carbons (Fsp3) is 0.500. The fourth-order valence-electron chi connectivity index (χ4n) is 2.44. The van der Waals surface area contributed by atoms with Crippen LogP contribution in [0, 0.1) is 10.1 Å². The lowest BCUT2D eigenvalue weighted by Gasteiger charge is -2.21. The second kappa shape index (κ2) is 7.00. The Bertz CT molecular complexity index is 544. The number of benzene rings is 1. The third-order valence-corrected chi connectivity index (χ3v) is 4.12. The van der Waals surface area contributed by atoms with E-state index in [1.807, 2.05) is 4.90 Å². The van der Waals surface area contributed by atoms with Crippen LogP contribution in [0.15, 0.2) is 22.7 Å². The minimum absolute atomic E-state index is 0.0603. The van der Waals surface area contributed by atoms with Crippen molar-refractivity contribution in [1.82, 2.24) is 10.2 Å². The van der Waals surface area contributed by atoms with Gasteiger partial charge in [-0.25, -0.2) is 0 Å². The number of hydrogen-bond donors (Lipinski definition) is 1. The van der Waals surface area contributed by atoms with Gasteiger partial charge in [0.2, 0.25) is 5.91 Å². The van der Waals surface area contributed by atoms with Crippen LogP contribution in [0.4, 0.5) is 5.69 Å². The molecule has 0 aromatic heterocycles. The lowest BCUT2D eigenvalue weighted by molar-refractivity contribution is -0.385. The summed E-state index contributed by atoms with van der Waals surface area (Å²) in [5.41, 5.74) is 0.627. The van der Waals surface area contributed by atoms with E-state index in [-0.39, 0.29) is 24.2 Å². The molecule has 6 nitrogen and oxygen atoms in total. The second-order valence-electron chi connectivity index (χ2n) is 5.17. The average Bonchev–Trinajstić information content (AvgIpc) is 2.97.